The van der Waals surface area contributed by atoms with Gasteiger partial charge in [0.15, 0.2) is 0 Å². The number of β-amino-alcohol motifs (C(OH)–C–C–N with tert-alkyl or cyclic N) is 1. The number of carbonyl (C=O) groups excluding carboxylic acids is 1. The van der Waals surface area contributed by atoms with Gasteiger partial charge < -0.3 is 15.7 Å². The van der Waals surface area contributed by atoms with Crippen molar-refractivity contribution in [2.24, 2.45) is 0 Å². The summed E-state index contributed by atoms with van der Waals surface area (Å²) in [7, 11) is 0. The molecule has 0 bridgehead atoms. The van der Waals surface area contributed by atoms with Crippen LogP contribution in [0.25, 0.3) is 0 Å². The second-order valence-electron chi connectivity index (χ2n) is 6.46. The van der Waals surface area contributed by atoms with Gasteiger partial charge in [0.25, 0.3) is 5.91 Å². The first-order chi connectivity index (χ1) is 9.76. The second kappa shape index (κ2) is 6.03. The van der Waals surface area contributed by atoms with E-state index in [4.69, 9.17) is 5.73 Å². The van der Waals surface area contributed by atoms with Crippen molar-refractivity contribution in [3.8, 4) is 0 Å². The summed E-state index contributed by atoms with van der Waals surface area (Å²) >= 11 is 0. The molecule has 3 N–H and O–H groups in total. The Morgan fingerprint density at radius 3 is 2.43 bits per heavy atom. The Morgan fingerprint density at radius 2 is 1.90 bits per heavy atom. The number of amides is 1. The van der Waals surface area contributed by atoms with E-state index in [0.29, 0.717) is 25.3 Å². The Bertz CT molecular complexity index is 515. The molecule has 1 aliphatic rings. The maximum absolute atomic E-state index is 12.5. The minimum atomic E-state index is -0.695. The average molecular weight is 291 g/mol. The van der Waals surface area contributed by atoms with Crippen LogP contribution in [0.15, 0.2) is 18.2 Å². The number of aryl methyl sites for hydroxylation is 1. The number of nitrogen functional groups attached to an aromatic ring is 1. The Balaban J connectivity index is 1.97. The second-order valence-corrected chi connectivity index (χ2v) is 6.46. The molecular weight excluding hydrogens is 266 g/mol. The summed E-state index contributed by atoms with van der Waals surface area (Å²) in [4.78, 5) is 16.6. The minimum Gasteiger partial charge on any atom is -0.399 e. The van der Waals surface area contributed by atoms with Crippen molar-refractivity contribution in [3.05, 3.63) is 29.3 Å². The highest BCUT2D eigenvalue weighted by Gasteiger charge is 2.26. The van der Waals surface area contributed by atoms with Crippen molar-refractivity contribution in [1.29, 1.82) is 0 Å². The van der Waals surface area contributed by atoms with Crippen LogP contribution < -0.4 is 5.73 Å². The number of aliphatic hydroxyl groups is 1. The molecule has 0 saturated carbocycles. The van der Waals surface area contributed by atoms with E-state index in [1.54, 1.807) is 12.1 Å². The normalized spacial score (nSPS) is 17.0. The fraction of sp³-hybridized carbons (Fsp3) is 0.562. The van der Waals surface area contributed by atoms with Crippen LogP contribution in [0.2, 0.25) is 0 Å². The van der Waals surface area contributed by atoms with E-state index in [1.807, 2.05) is 31.7 Å². The third-order valence-corrected chi connectivity index (χ3v) is 3.75. The van der Waals surface area contributed by atoms with Crippen molar-refractivity contribution < 1.29 is 9.90 Å². The van der Waals surface area contributed by atoms with Crippen molar-refractivity contribution >= 4 is 11.6 Å². The van der Waals surface area contributed by atoms with E-state index in [-0.39, 0.29) is 5.91 Å². The number of anilines is 1. The predicted molar refractivity (Wildman–Crippen MR) is 84.2 cm³/mol. The molecule has 0 radical (unpaired) electrons. The van der Waals surface area contributed by atoms with Gasteiger partial charge in [-0.15, -0.1) is 0 Å². The SMILES string of the molecule is Cc1cc(N)ccc1C(=O)N1CCN(CC(C)(C)O)CC1. The molecule has 0 atom stereocenters. The molecule has 0 spiro atoms. The van der Waals surface area contributed by atoms with Gasteiger partial charge in [0.2, 0.25) is 0 Å². The maximum Gasteiger partial charge on any atom is 0.254 e. The molecule has 1 amide bonds. The fourth-order valence-electron chi connectivity index (χ4n) is 2.75. The summed E-state index contributed by atoms with van der Waals surface area (Å²) < 4.78 is 0. The molecule has 1 aliphatic heterocycles. The van der Waals surface area contributed by atoms with E-state index in [0.717, 1.165) is 24.2 Å². The minimum absolute atomic E-state index is 0.0652. The molecule has 5 heteroatoms. The highest BCUT2D eigenvalue weighted by molar-refractivity contribution is 5.96. The van der Waals surface area contributed by atoms with Crippen LogP contribution in [-0.4, -0.2) is 59.1 Å². The largest absolute Gasteiger partial charge is 0.399 e. The number of piperazine rings is 1. The van der Waals surface area contributed by atoms with Crippen LogP contribution in [0.3, 0.4) is 0 Å². The van der Waals surface area contributed by atoms with Crippen molar-refractivity contribution in [3.63, 3.8) is 0 Å². The Hall–Kier alpha value is -1.59. The number of benzene rings is 1. The highest BCUT2D eigenvalue weighted by atomic mass is 16.3. The Labute approximate surface area is 126 Å². The number of carbonyl (C=O) groups is 1. The molecule has 1 saturated heterocycles. The molecule has 0 aromatic heterocycles. The molecule has 0 unspecified atom stereocenters. The topological polar surface area (TPSA) is 69.8 Å². The third kappa shape index (κ3) is 4.19. The third-order valence-electron chi connectivity index (χ3n) is 3.75. The summed E-state index contributed by atoms with van der Waals surface area (Å²) in [6, 6.07) is 5.40. The molecule has 0 aliphatic carbocycles. The zero-order valence-electron chi connectivity index (χ0n) is 13.1. The van der Waals surface area contributed by atoms with Crippen molar-refractivity contribution in [1.82, 2.24) is 9.80 Å². The van der Waals surface area contributed by atoms with Crippen LogP contribution in [0.4, 0.5) is 5.69 Å². The van der Waals surface area contributed by atoms with Gasteiger partial charge in [0, 0.05) is 44.0 Å². The molecule has 1 heterocycles. The average Bonchev–Trinajstić information content (AvgIpc) is 2.37. The van der Waals surface area contributed by atoms with Crippen LogP contribution in [0, 0.1) is 6.92 Å². The lowest BCUT2D eigenvalue weighted by Gasteiger charge is -2.37. The van der Waals surface area contributed by atoms with E-state index in [9.17, 15) is 9.90 Å². The quantitative estimate of drug-likeness (QED) is 0.818. The van der Waals surface area contributed by atoms with E-state index in [1.165, 1.54) is 0 Å². The number of hydrogen-bond acceptors (Lipinski definition) is 4. The standard InChI is InChI=1S/C16H25N3O2/c1-12-10-13(17)4-5-14(12)15(20)19-8-6-18(7-9-19)11-16(2,3)21/h4-5,10,21H,6-9,11,17H2,1-3H3. The lowest BCUT2D eigenvalue weighted by molar-refractivity contribution is 0.0178. The molecule has 5 nitrogen and oxygen atoms in total. The van der Waals surface area contributed by atoms with Crippen molar-refractivity contribution in [2.75, 3.05) is 38.5 Å². The van der Waals surface area contributed by atoms with E-state index >= 15 is 0 Å². The first-order valence-electron chi connectivity index (χ1n) is 7.36. The molecule has 116 valence electrons. The van der Waals surface area contributed by atoms with Crippen LogP contribution >= 0.6 is 0 Å². The number of hydrogen-bond donors (Lipinski definition) is 2. The smallest absolute Gasteiger partial charge is 0.254 e. The zero-order valence-corrected chi connectivity index (χ0v) is 13.1. The van der Waals surface area contributed by atoms with Gasteiger partial charge in [-0.2, -0.15) is 0 Å². The summed E-state index contributed by atoms with van der Waals surface area (Å²) in [5.41, 5.74) is 7.35. The summed E-state index contributed by atoms with van der Waals surface area (Å²) in [5, 5.41) is 9.85. The summed E-state index contributed by atoms with van der Waals surface area (Å²) in [5.74, 6) is 0.0652. The maximum atomic E-state index is 12.5. The number of rotatable bonds is 3. The van der Waals surface area contributed by atoms with E-state index in [2.05, 4.69) is 4.90 Å². The summed E-state index contributed by atoms with van der Waals surface area (Å²) in [6.07, 6.45) is 0. The Morgan fingerprint density at radius 1 is 1.29 bits per heavy atom. The monoisotopic (exact) mass is 291 g/mol. The van der Waals surface area contributed by atoms with Gasteiger partial charge in [-0.25, -0.2) is 0 Å². The number of nitrogens with zero attached hydrogens (tertiary/aromatic N) is 2. The first kappa shape index (κ1) is 15.8. The van der Waals surface area contributed by atoms with Gasteiger partial charge in [-0.3, -0.25) is 9.69 Å². The number of nitrogens with two attached hydrogens (primary N) is 1. The molecule has 1 aromatic rings. The van der Waals surface area contributed by atoms with Crippen LogP contribution in [0.1, 0.15) is 29.8 Å². The van der Waals surface area contributed by atoms with Gasteiger partial charge >= 0.3 is 0 Å². The van der Waals surface area contributed by atoms with Gasteiger partial charge in [-0.1, -0.05) is 0 Å². The van der Waals surface area contributed by atoms with Gasteiger partial charge in [-0.05, 0) is 44.5 Å². The van der Waals surface area contributed by atoms with Crippen molar-refractivity contribution in [2.45, 2.75) is 26.4 Å². The van der Waals surface area contributed by atoms with Crippen LogP contribution in [-0.2, 0) is 0 Å². The Kier molecular flexibility index (Phi) is 4.54. The molecular formula is C16H25N3O2. The first-order valence-corrected chi connectivity index (χ1v) is 7.36. The van der Waals surface area contributed by atoms with Crippen LogP contribution in [0.5, 0.6) is 0 Å². The lowest BCUT2D eigenvalue weighted by Crippen LogP contribution is -2.52. The fourth-order valence-corrected chi connectivity index (χ4v) is 2.75. The lowest BCUT2D eigenvalue weighted by atomic mass is 10.1. The molecule has 1 aromatic carbocycles. The van der Waals surface area contributed by atoms with Gasteiger partial charge in [0.1, 0.15) is 0 Å². The predicted octanol–water partition coefficient (Wildman–Crippen LogP) is 1.11. The highest BCUT2D eigenvalue weighted by Crippen LogP contribution is 2.16. The zero-order chi connectivity index (χ0) is 15.6. The van der Waals surface area contributed by atoms with Gasteiger partial charge in [0.05, 0.1) is 5.60 Å². The molecule has 2 rings (SSSR count). The molecule has 21 heavy (non-hydrogen) atoms. The summed E-state index contributed by atoms with van der Waals surface area (Å²) in [6.45, 7) is 9.14. The van der Waals surface area contributed by atoms with E-state index < -0.39 is 5.60 Å². The molecule has 1 fully saturated rings.